The molecule has 0 radical (unpaired) electrons. The van der Waals surface area contributed by atoms with E-state index in [9.17, 15) is 4.79 Å². The van der Waals surface area contributed by atoms with Crippen molar-refractivity contribution >= 4 is 16.8 Å². The van der Waals surface area contributed by atoms with E-state index in [4.69, 9.17) is 9.47 Å². The van der Waals surface area contributed by atoms with Crippen LogP contribution in [-0.4, -0.2) is 49.2 Å². The minimum atomic E-state index is 0.0890. The Kier molecular flexibility index (Phi) is 3.53. The topological polar surface area (TPSA) is 54.6 Å². The molecular weight excluding hydrogens is 292 g/mol. The lowest BCUT2D eigenvalue weighted by Crippen LogP contribution is -2.46. The van der Waals surface area contributed by atoms with E-state index >= 15 is 0 Å². The van der Waals surface area contributed by atoms with Crippen LogP contribution in [0.5, 0.6) is 5.75 Å². The third-order valence-electron chi connectivity index (χ3n) is 5.19. The molecule has 23 heavy (non-hydrogen) atoms. The quantitative estimate of drug-likeness (QED) is 0.927. The van der Waals surface area contributed by atoms with Crippen molar-refractivity contribution in [3.63, 3.8) is 0 Å². The van der Waals surface area contributed by atoms with Gasteiger partial charge in [0, 0.05) is 36.0 Å². The van der Waals surface area contributed by atoms with E-state index < -0.39 is 0 Å². The number of rotatable bonds is 2. The Morgan fingerprint density at radius 1 is 1.35 bits per heavy atom. The number of hydrogen-bond acceptors (Lipinski definition) is 3. The molecule has 1 aromatic heterocycles. The van der Waals surface area contributed by atoms with Crippen molar-refractivity contribution < 1.29 is 14.3 Å². The maximum atomic E-state index is 12.9. The molecule has 122 valence electrons. The number of amides is 1. The highest BCUT2D eigenvalue weighted by Gasteiger charge is 2.40. The lowest BCUT2D eigenvalue weighted by atomic mass is 9.79. The van der Waals surface area contributed by atoms with Crippen LogP contribution in [0.15, 0.2) is 24.3 Å². The number of benzene rings is 1. The van der Waals surface area contributed by atoms with Gasteiger partial charge in [0.05, 0.1) is 13.7 Å². The molecule has 0 saturated carbocycles. The molecule has 2 saturated heterocycles. The van der Waals surface area contributed by atoms with E-state index in [-0.39, 0.29) is 11.3 Å². The first kappa shape index (κ1) is 14.6. The van der Waals surface area contributed by atoms with E-state index in [0.29, 0.717) is 5.69 Å². The lowest BCUT2D eigenvalue weighted by Gasteiger charge is -2.39. The second-order valence-corrected chi connectivity index (χ2v) is 6.77. The van der Waals surface area contributed by atoms with Crippen molar-refractivity contribution in [2.45, 2.75) is 19.3 Å². The van der Waals surface area contributed by atoms with Crippen molar-refractivity contribution in [3.8, 4) is 5.75 Å². The first-order valence-corrected chi connectivity index (χ1v) is 8.23. The number of nitrogens with one attached hydrogen (secondary N) is 1. The molecule has 1 spiro atoms. The molecule has 0 unspecified atom stereocenters. The molecule has 4 rings (SSSR count). The predicted octanol–water partition coefficient (Wildman–Crippen LogP) is 2.82. The van der Waals surface area contributed by atoms with E-state index in [1.807, 2.05) is 29.2 Å². The highest BCUT2D eigenvalue weighted by molar-refractivity contribution is 5.98. The van der Waals surface area contributed by atoms with Gasteiger partial charge in [-0.3, -0.25) is 4.79 Å². The molecule has 1 atom stereocenters. The summed E-state index contributed by atoms with van der Waals surface area (Å²) in [5.41, 5.74) is 1.80. The van der Waals surface area contributed by atoms with Crippen molar-refractivity contribution in [2.24, 2.45) is 5.41 Å². The Morgan fingerprint density at radius 3 is 3.04 bits per heavy atom. The molecule has 2 aliphatic rings. The average Bonchev–Trinajstić information content (AvgIpc) is 3.20. The van der Waals surface area contributed by atoms with Crippen LogP contribution < -0.4 is 4.74 Å². The summed E-state index contributed by atoms with van der Waals surface area (Å²) in [5.74, 6) is 0.890. The van der Waals surface area contributed by atoms with Crippen molar-refractivity contribution in [1.29, 1.82) is 0 Å². The van der Waals surface area contributed by atoms with Crippen molar-refractivity contribution in [1.82, 2.24) is 9.88 Å². The Bertz CT molecular complexity index is 731. The monoisotopic (exact) mass is 314 g/mol. The number of piperidine rings is 1. The second kappa shape index (κ2) is 5.57. The van der Waals surface area contributed by atoms with Gasteiger partial charge in [0.1, 0.15) is 11.4 Å². The molecule has 3 heterocycles. The van der Waals surface area contributed by atoms with E-state index in [2.05, 4.69) is 4.98 Å². The van der Waals surface area contributed by atoms with E-state index in [1.54, 1.807) is 7.11 Å². The Labute approximate surface area is 135 Å². The minimum Gasteiger partial charge on any atom is -0.497 e. The molecular formula is C18H22N2O3. The van der Waals surface area contributed by atoms with Crippen LogP contribution in [0.4, 0.5) is 0 Å². The number of nitrogens with zero attached hydrogens (tertiary/aromatic N) is 1. The summed E-state index contributed by atoms with van der Waals surface area (Å²) < 4.78 is 10.8. The zero-order valence-electron chi connectivity index (χ0n) is 13.4. The standard InChI is InChI=1S/C18H22N2O3/c1-22-14-3-4-15-13(9-14)10-16(19-15)17(21)20-7-2-5-18(11-20)6-8-23-12-18/h3-4,9-10,19H,2,5-8,11-12H2,1H3/t18-/m1/s1. The van der Waals surface area contributed by atoms with Gasteiger partial charge in [0.2, 0.25) is 0 Å². The number of H-pyrrole nitrogens is 1. The molecule has 1 aromatic carbocycles. The summed E-state index contributed by atoms with van der Waals surface area (Å²) in [6.07, 6.45) is 3.30. The van der Waals surface area contributed by atoms with Crippen molar-refractivity contribution in [3.05, 3.63) is 30.0 Å². The number of aromatic nitrogens is 1. The first-order chi connectivity index (χ1) is 11.2. The number of hydrogen-bond donors (Lipinski definition) is 1. The van der Waals surface area contributed by atoms with Crippen LogP contribution in [0.1, 0.15) is 29.8 Å². The summed E-state index contributed by atoms with van der Waals surface area (Å²) >= 11 is 0. The summed E-state index contributed by atoms with van der Waals surface area (Å²) in [6.45, 7) is 3.26. The number of carbonyl (C=O) groups is 1. The molecule has 0 aliphatic carbocycles. The molecule has 5 heteroatoms. The van der Waals surface area contributed by atoms with Crippen molar-refractivity contribution in [2.75, 3.05) is 33.4 Å². The van der Waals surface area contributed by atoms with Gasteiger partial charge in [-0.1, -0.05) is 0 Å². The van der Waals surface area contributed by atoms with Crippen LogP contribution in [0.3, 0.4) is 0 Å². The first-order valence-electron chi connectivity index (χ1n) is 8.23. The Morgan fingerprint density at radius 2 is 2.26 bits per heavy atom. The fourth-order valence-corrected chi connectivity index (χ4v) is 3.88. The van der Waals surface area contributed by atoms with Crippen LogP contribution in [-0.2, 0) is 4.74 Å². The second-order valence-electron chi connectivity index (χ2n) is 6.77. The smallest absolute Gasteiger partial charge is 0.270 e. The normalized spacial score (nSPS) is 24.5. The molecule has 1 N–H and O–H groups in total. The number of aromatic amines is 1. The largest absolute Gasteiger partial charge is 0.497 e. The molecule has 1 amide bonds. The molecule has 2 aliphatic heterocycles. The summed E-state index contributed by atoms with van der Waals surface area (Å²) in [6, 6.07) is 7.73. The van der Waals surface area contributed by atoms with E-state index in [1.165, 1.54) is 6.42 Å². The van der Waals surface area contributed by atoms with Gasteiger partial charge in [-0.2, -0.15) is 0 Å². The van der Waals surface area contributed by atoms with Crippen LogP contribution >= 0.6 is 0 Å². The maximum Gasteiger partial charge on any atom is 0.270 e. The van der Waals surface area contributed by atoms with Gasteiger partial charge in [-0.15, -0.1) is 0 Å². The number of methoxy groups -OCH3 is 1. The lowest BCUT2D eigenvalue weighted by molar-refractivity contribution is 0.0458. The van der Waals surface area contributed by atoms with Crippen LogP contribution in [0.2, 0.25) is 0 Å². The number of ether oxygens (including phenoxy) is 2. The van der Waals surface area contributed by atoms with E-state index in [0.717, 1.165) is 55.8 Å². The average molecular weight is 314 g/mol. The van der Waals surface area contributed by atoms with Gasteiger partial charge in [0.25, 0.3) is 5.91 Å². The zero-order valence-corrected chi connectivity index (χ0v) is 13.4. The Balaban J connectivity index is 1.58. The Hall–Kier alpha value is -2.01. The fraction of sp³-hybridized carbons (Fsp3) is 0.500. The number of carbonyl (C=O) groups excluding carboxylic acids is 1. The summed E-state index contributed by atoms with van der Waals surface area (Å²) in [4.78, 5) is 18.1. The van der Waals surface area contributed by atoms with Crippen LogP contribution in [0.25, 0.3) is 10.9 Å². The maximum absolute atomic E-state index is 12.9. The molecule has 5 nitrogen and oxygen atoms in total. The van der Waals surface area contributed by atoms with Gasteiger partial charge in [-0.05, 0) is 43.5 Å². The minimum absolute atomic E-state index is 0.0890. The number of likely N-dealkylation sites (tertiary alicyclic amines) is 1. The SMILES string of the molecule is COc1ccc2[nH]c(C(=O)N3CCC[C@@]4(CCOC4)C3)cc2c1. The van der Waals surface area contributed by atoms with Gasteiger partial charge >= 0.3 is 0 Å². The summed E-state index contributed by atoms with van der Waals surface area (Å²) in [5, 5.41) is 1.00. The van der Waals surface area contributed by atoms with Gasteiger partial charge < -0.3 is 19.4 Å². The van der Waals surface area contributed by atoms with Crippen LogP contribution in [0, 0.1) is 5.41 Å². The highest BCUT2D eigenvalue weighted by atomic mass is 16.5. The van der Waals surface area contributed by atoms with Gasteiger partial charge in [0.15, 0.2) is 0 Å². The third kappa shape index (κ3) is 2.59. The molecule has 2 fully saturated rings. The molecule has 0 bridgehead atoms. The predicted molar refractivity (Wildman–Crippen MR) is 87.9 cm³/mol. The van der Waals surface area contributed by atoms with Gasteiger partial charge in [-0.25, -0.2) is 0 Å². The summed E-state index contributed by atoms with van der Waals surface area (Å²) in [7, 11) is 1.65. The fourth-order valence-electron chi connectivity index (χ4n) is 3.88. The zero-order chi connectivity index (χ0) is 15.9. The third-order valence-corrected chi connectivity index (χ3v) is 5.19. The molecule has 2 aromatic rings. The highest BCUT2D eigenvalue weighted by Crippen LogP contribution is 2.38. The number of fused-ring (bicyclic) bond motifs is 1.